The molecular weight excluding hydrogens is 425 g/mol. The van der Waals surface area contributed by atoms with Crippen LogP contribution in [0.5, 0.6) is 0 Å². The fourth-order valence-electron chi connectivity index (χ4n) is 2.48. The van der Waals surface area contributed by atoms with Crippen LogP contribution in [0.1, 0.15) is 27.2 Å². The fourth-order valence-corrected chi connectivity index (χ4v) is 16.8. The van der Waals surface area contributed by atoms with Crippen LogP contribution in [0.4, 0.5) is 0 Å². The maximum atomic E-state index is 11.9. The maximum absolute atomic E-state index is 11.9. The average Bonchev–Trinajstić information content (AvgIpc) is 2.38. The minimum absolute atomic E-state index is 0.335. The number of ether oxygens (including phenoxy) is 2. The Morgan fingerprint density at radius 2 is 1.21 bits per heavy atom. The Bertz CT molecular complexity index is 493. The molecule has 0 aliphatic heterocycles. The van der Waals surface area contributed by atoms with Crippen LogP contribution in [0.25, 0.3) is 0 Å². The largest absolute Gasteiger partial charge is 0.500 e. The van der Waals surface area contributed by atoms with Crippen LogP contribution in [0.3, 0.4) is 0 Å². The van der Waals surface area contributed by atoms with E-state index in [1.165, 1.54) is 0 Å². The Morgan fingerprint density at radius 1 is 0.857 bits per heavy atom. The lowest BCUT2D eigenvalue weighted by molar-refractivity contribution is -0.177. The molecule has 0 aromatic carbocycles. The second kappa shape index (κ2) is 10.3. The van der Waals surface area contributed by atoms with E-state index in [2.05, 4.69) is 65.5 Å². The molecule has 0 fully saturated rings. The monoisotopic (exact) mass is 466 g/mol. The zero-order valence-electron chi connectivity index (χ0n) is 20.0. The zero-order chi connectivity index (χ0) is 22.6. The molecule has 0 aliphatic rings. The number of carbonyl (C=O) groups excluding carboxylic acids is 1. The van der Waals surface area contributed by atoms with Crippen LogP contribution in [0.2, 0.25) is 58.9 Å². The average molecular weight is 467 g/mol. The van der Waals surface area contributed by atoms with Gasteiger partial charge in [0.25, 0.3) is 0 Å². The molecule has 0 amide bonds. The summed E-state index contributed by atoms with van der Waals surface area (Å²) in [5.74, 6) is -0.474. The van der Waals surface area contributed by atoms with Crippen LogP contribution >= 0.6 is 0 Å². The first-order valence-corrected chi connectivity index (χ1v) is 22.0. The van der Waals surface area contributed by atoms with Crippen LogP contribution < -0.4 is 0 Å². The van der Waals surface area contributed by atoms with Crippen LogP contribution in [0.15, 0.2) is 12.2 Å². The second-order valence-electron chi connectivity index (χ2n) is 10.0. The zero-order valence-corrected chi connectivity index (χ0v) is 24.0. The van der Waals surface area contributed by atoms with Crippen molar-refractivity contribution in [3.05, 3.63) is 12.2 Å². The highest BCUT2D eigenvalue weighted by Crippen LogP contribution is 2.31. The third kappa shape index (κ3) is 11.2. The normalized spacial score (nSPS) is 15.9. The summed E-state index contributed by atoms with van der Waals surface area (Å²) in [5, 5.41) is 0. The molecule has 0 saturated carbocycles. The van der Waals surface area contributed by atoms with Crippen molar-refractivity contribution >= 4 is 39.7 Å². The third-order valence-corrected chi connectivity index (χ3v) is 15.2. The Kier molecular flexibility index (Phi) is 10.3. The summed E-state index contributed by atoms with van der Waals surface area (Å²) in [5.41, 5.74) is -0.0763. The summed E-state index contributed by atoms with van der Waals surface area (Å²) in [6, 6.07) is 0. The number of hydrogen-bond acceptors (Lipinski definition) is 6. The molecule has 28 heavy (non-hydrogen) atoms. The number of esters is 1. The molecule has 0 radical (unpaired) electrons. The first kappa shape index (κ1) is 27.9. The van der Waals surface area contributed by atoms with E-state index < -0.39 is 51.7 Å². The lowest BCUT2D eigenvalue weighted by atomic mass is 10.4. The van der Waals surface area contributed by atoms with E-state index in [-0.39, 0.29) is 0 Å². The molecule has 0 rings (SSSR count). The summed E-state index contributed by atoms with van der Waals surface area (Å²) in [4.78, 5) is 11.9. The molecule has 0 aromatic rings. The lowest BCUT2D eigenvalue weighted by Crippen LogP contribution is -2.67. The van der Waals surface area contributed by atoms with Crippen LogP contribution in [0, 0.1) is 0 Å². The van der Waals surface area contributed by atoms with Gasteiger partial charge in [-0.2, -0.15) is 0 Å². The van der Waals surface area contributed by atoms with Gasteiger partial charge in [-0.15, -0.1) is 0 Å². The predicted octanol–water partition coefficient (Wildman–Crippen LogP) is 5.28. The Labute approximate surface area is 176 Å². The van der Waals surface area contributed by atoms with Crippen LogP contribution in [-0.2, 0) is 26.6 Å². The Morgan fingerprint density at radius 3 is 1.46 bits per heavy atom. The van der Waals surface area contributed by atoms with Gasteiger partial charge in [-0.3, -0.25) is 0 Å². The minimum Gasteiger partial charge on any atom is -0.433 e. The van der Waals surface area contributed by atoms with E-state index in [0.717, 1.165) is 0 Å². The molecule has 10 heteroatoms. The summed E-state index contributed by atoms with van der Waals surface area (Å²) >= 11 is 0. The van der Waals surface area contributed by atoms with Crippen molar-refractivity contribution in [3.8, 4) is 0 Å². The van der Waals surface area contributed by atoms with Gasteiger partial charge in [0.05, 0.1) is 0 Å². The molecule has 0 spiro atoms. The summed E-state index contributed by atoms with van der Waals surface area (Å²) < 4.78 is 31.7. The molecule has 166 valence electrons. The van der Waals surface area contributed by atoms with Crippen molar-refractivity contribution in [3.63, 3.8) is 0 Å². The smallest absolute Gasteiger partial charge is 0.433 e. The molecule has 6 nitrogen and oxygen atoms in total. The van der Waals surface area contributed by atoms with Gasteiger partial charge >= 0.3 is 14.8 Å². The summed E-state index contributed by atoms with van der Waals surface area (Å²) in [7, 11) is -9.28. The maximum Gasteiger partial charge on any atom is 0.500 e. The highest BCUT2D eigenvalue weighted by atomic mass is 28.5. The van der Waals surface area contributed by atoms with E-state index in [4.69, 9.17) is 21.8 Å². The molecule has 0 heterocycles. The van der Waals surface area contributed by atoms with Gasteiger partial charge in [0.1, 0.15) is 5.73 Å². The van der Waals surface area contributed by atoms with E-state index in [1.807, 2.05) is 6.92 Å². The topological polar surface area (TPSA) is 63.2 Å². The van der Waals surface area contributed by atoms with Gasteiger partial charge in [-0.25, -0.2) is 4.79 Å². The van der Waals surface area contributed by atoms with Crippen molar-refractivity contribution in [1.82, 2.24) is 0 Å². The first-order chi connectivity index (χ1) is 12.3. The van der Waals surface area contributed by atoms with Crippen LogP contribution in [-0.4, -0.2) is 51.7 Å². The van der Waals surface area contributed by atoms with Gasteiger partial charge in [0, 0.05) is 5.57 Å². The Balaban J connectivity index is 6.02. The van der Waals surface area contributed by atoms with Crippen molar-refractivity contribution in [2.75, 3.05) is 0 Å². The van der Waals surface area contributed by atoms with Crippen molar-refractivity contribution in [2.24, 2.45) is 0 Å². The molecule has 0 N–H and O–H groups in total. The summed E-state index contributed by atoms with van der Waals surface area (Å²) in [6.45, 7) is 28.2. The molecule has 0 aromatic heterocycles. The van der Waals surface area contributed by atoms with E-state index in [0.29, 0.717) is 12.0 Å². The standard InChI is InChI=1S/C18H42O6Si4/c1-14-17(20-16(4)21-18(19)15(2)3)28(22-25(5,6)7,23-26(8,9)10)24-27(11,12)13/h16-17H,2,14H2,1,3-13H3. The number of rotatable bonds is 12. The molecule has 0 bridgehead atoms. The second-order valence-corrected chi connectivity index (χ2v) is 27.0. The number of hydrogen-bond donors (Lipinski definition) is 0. The molecular formula is C18H42O6Si4. The van der Waals surface area contributed by atoms with E-state index in [1.54, 1.807) is 13.8 Å². The van der Waals surface area contributed by atoms with Gasteiger partial charge in [0.2, 0.25) is 6.29 Å². The van der Waals surface area contributed by atoms with Gasteiger partial charge < -0.3 is 21.8 Å². The van der Waals surface area contributed by atoms with Gasteiger partial charge in [0.15, 0.2) is 25.0 Å². The quantitative estimate of drug-likeness (QED) is 0.169. The SMILES string of the molecule is C=C(C)C(=O)OC(C)OC(CC)[Si](O[Si](C)(C)C)(O[Si](C)(C)C)O[Si](C)(C)C. The molecule has 2 unspecified atom stereocenters. The number of carbonyl (C=O) groups is 1. The third-order valence-electron chi connectivity index (χ3n) is 3.09. The van der Waals surface area contributed by atoms with E-state index >= 15 is 0 Å². The van der Waals surface area contributed by atoms with Crippen molar-refractivity contribution in [2.45, 2.75) is 98.1 Å². The fraction of sp³-hybridized carbons (Fsp3) is 0.833. The van der Waals surface area contributed by atoms with Gasteiger partial charge in [-0.05, 0) is 79.2 Å². The van der Waals surface area contributed by atoms with Gasteiger partial charge in [-0.1, -0.05) is 13.5 Å². The lowest BCUT2D eigenvalue weighted by Gasteiger charge is -2.46. The minimum atomic E-state index is -3.22. The summed E-state index contributed by atoms with van der Waals surface area (Å²) in [6.07, 6.45) is -0.109. The van der Waals surface area contributed by atoms with Crippen molar-refractivity contribution < 1.29 is 26.6 Å². The molecule has 0 aliphatic carbocycles. The highest BCUT2D eigenvalue weighted by molar-refractivity contribution is 6.90. The molecule has 0 saturated heterocycles. The predicted molar refractivity (Wildman–Crippen MR) is 125 cm³/mol. The highest BCUT2D eigenvalue weighted by Gasteiger charge is 2.56. The Hall–Kier alpha value is -0.0825. The van der Waals surface area contributed by atoms with E-state index in [9.17, 15) is 4.79 Å². The van der Waals surface area contributed by atoms with Crippen molar-refractivity contribution in [1.29, 1.82) is 0 Å². The first-order valence-electron chi connectivity index (χ1n) is 9.93. The molecule has 2 atom stereocenters.